The lowest BCUT2D eigenvalue weighted by atomic mass is 9.94. The minimum absolute atomic E-state index is 0.0132. The molecule has 0 bridgehead atoms. The first kappa shape index (κ1) is 60.0. The van der Waals surface area contributed by atoms with Crippen LogP contribution >= 0.6 is 31.3 Å². The van der Waals surface area contributed by atoms with Crippen molar-refractivity contribution in [1.82, 2.24) is 58.5 Å². The molecule has 0 saturated carbocycles. The molecule has 4 saturated heterocycles. The van der Waals surface area contributed by atoms with Gasteiger partial charge in [-0.3, -0.25) is 56.3 Å². The zero-order valence-corrected chi connectivity index (χ0v) is 46.2. The van der Waals surface area contributed by atoms with E-state index in [2.05, 4.69) is 48.5 Å². The average Bonchev–Trinajstić information content (AvgIpc) is 3.91. The number of nitrogens with zero attached hydrogens (tertiary/aromatic N) is 11. The smallest absolute Gasteiger partial charge is 0.387 e. The number of fused-ring (bicyclic) bond motifs is 3. The maximum absolute atomic E-state index is 13.8. The van der Waals surface area contributed by atoms with Crippen LogP contribution in [0.5, 0.6) is 0 Å². The second-order valence-electron chi connectivity index (χ2n) is 18.9. The summed E-state index contributed by atoms with van der Waals surface area (Å²) in [6.07, 6.45) is -12.4. The number of imidazole rings is 3. The molecule has 0 spiro atoms. The fourth-order valence-corrected chi connectivity index (χ4v) is 14.4. The van der Waals surface area contributed by atoms with Crippen LogP contribution in [0.1, 0.15) is 25.1 Å². The molecular weight excluding hydrogens is 1190 g/mol. The van der Waals surface area contributed by atoms with Gasteiger partial charge in [-0.25, -0.2) is 42.8 Å². The van der Waals surface area contributed by atoms with Crippen molar-refractivity contribution in [2.75, 3.05) is 77.0 Å². The average molecular weight is 1240 g/mol. The molecule has 0 radical (unpaired) electrons. The lowest BCUT2D eigenvalue weighted by molar-refractivity contribution is -0.745. The van der Waals surface area contributed by atoms with Crippen LogP contribution in [-0.2, 0) is 75.7 Å². The van der Waals surface area contributed by atoms with Gasteiger partial charge in [0, 0.05) is 26.1 Å². The van der Waals surface area contributed by atoms with Gasteiger partial charge in [-0.05, 0) is 13.0 Å². The second kappa shape index (κ2) is 23.3. The molecule has 4 unspecified atom stereocenters. The van der Waals surface area contributed by atoms with E-state index in [1.54, 1.807) is 0 Å². The van der Waals surface area contributed by atoms with Crippen LogP contribution in [0, 0.1) is 5.92 Å². The largest absolute Gasteiger partial charge is 0.490 e. The summed E-state index contributed by atoms with van der Waals surface area (Å²) in [5.41, 5.74) is 15.9. The first-order valence-electron chi connectivity index (χ1n) is 24.3. The predicted molar refractivity (Wildman–Crippen MR) is 268 cm³/mol. The van der Waals surface area contributed by atoms with E-state index in [-0.39, 0.29) is 57.6 Å². The standard InChI is InChI=1S/C38H54N16O24P4/c1-50-15-54(31-22(50)33(59)49-38(41)47-31)34-23(55)16(3-4-51-5-7-69-8-6-51)17(73-34)9-71-80(62,63)77-82(66,67)78-81(64,65)72-11-19-26(27(68-2)36(75-19)52-13-44-20-28(39)42-12-43-29(20)52)76-79(60,61)70-10-18-24(56)25(57)35(74-18)53-14-45-21-30(53)46-37(40)48-32(21)58/h12-19,23-27,34-36,55-57H,3-11H2,1-2H3,(H11-,39,40,41,42,43,46,47,48,49,58,59,60,61,62,63,64,65,66,67)/p+1/t16-,17-,18-,19-,23-,24-,25-,26-,27-,34-,35-,36-/m1/s1. The summed E-state index contributed by atoms with van der Waals surface area (Å²) in [5.74, 6) is -1.52. The Bertz CT molecular complexity index is 3660. The monoisotopic (exact) mass is 1240 g/mol. The van der Waals surface area contributed by atoms with Crippen LogP contribution < -0.4 is 32.9 Å². The number of rotatable bonds is 22. The molecule has 450 valence electrons. The summed E-state index contributed by atoms with van der Waals surface area (Å²) in [4.78, 5) is 99.3. The molecule has 82 heavy (non-hydrogen) atoms. The van der Waals surface area contributed by atoms with Crippen molar-refractivity contribution in [2.24, 2.45) is 13.0 Å². The van der Waals surface area contributed by atoms with Crippen molar-refractivity contribution < 1.29 is 108 Å². The van der Waals surface area contributed by atoms with E-state index in [1.165, 1.54) is 27.1 Å². The molecule has 0 aliphatic carbocycles. The van der Waals surface area contributed by atoms with Gasteiger partial charge in [0.05, 0.1) is 58.8 Å². The second-order valence-corrected chi connectivity index (χ2v) is 24.9. The number of phosphoric ester groups is 3. The van der Waals surface area contributed by atoms with E-state index in [1.807, 2.05) is 4.90 Å². The summed E-state index contributed by atoms with van der Waals surface area (Å²) in [6, 6.07) is 0. The number of nitrogens with two attached hydrogens (primary N) is 3. The maximum atomic E-state index is 13.8. The Hall–Kier alpha value is -5.19. The molecule has 4 aliphatic rings. The van der Waals surface area contributed by atoms with E-state index < -0.39 is 136 Å². The number of aromatic amines is 2. The zero-order chi connectivity index (χ0) is 58.8. The maximum Gasteiger partial charge on any atom is 0.490 e. The summed E-state index contributed by atoms with van der Waals surface area (Å²) < 4.78 is 117. The number of ether oxygens (including phenoxy) is 5. The zero-order valence-electron chi connectivity index (χ0n) is 42.6. The molecule has 6 aromatic heterocycles. The number of aliphatic hydroxyl groups is 3. The topological polar surface area (TPSA) is 554 Å². The molecule has 44 heteroatoms. The Labute approximate surface area is 458 Å². The number of morpholine rings is 1. The minimum Gasteiger partial charge on any atom is -0.387 e. The lowest BCUT2D eigenvalue weighted by Crippen LogP contribution is -2.45. The predicted octanol–water partition coefficient (Wildman–Crippen LogP) is -3.73. The normalized spacial score (nSPS) is 30.3. The quantitative estimate of drug-likeness (QED) is 0.0230. The number of anilines is 3. The lowest BCUT2D eigenvalue weighted by Gasteiger charge is -2.29. The van der Waals surface area contributed by atoms with Crippen molar-refractivity contribution in [3.05, 3.63) is 46.0 Å². The summed E-state index contributed by atoms with van der Waals surface area (Å²) in [5, 5.41) is 33.5. The summed E-state index contributed by atoms with van der Waals surface area (Å²) in [6.45, 7) is -0.752. The van der Waals surface area contributed by atoms with Gasteiger partial charge in [0.1, 0.15) is 54.6 Å². The van der Waals surface area contributed by atoms with Gasteiger partial charge < -0.3 is 75.8 Å². The SMILES string of the molecule is CO[C@@H]1[C@H](OP(=O)(O)OC[C@H]2O[C@@H](n3cnc4c(=O)[nH]c(N)nc43)[C@H](O)[C@@H]2O)[C@@H](COP(=O)(O)OP(=O)(O)OP(=O)(O)OC[C@H]2O[C@@H]([n+]3cn(C)c4c(=O)[nH]c(N)nc43)[C@H](O)[C@@H]2CCN2CCOCC2)O[C@H]1n1cnc2c(N)ncnc21. The molecule has 0 amide bonds. The first-order chi connectivity index (χ1) is 38.7. The van der Waals surface area contributed by atoms with Gasteiger partial charge in [-0.1, -0.05) is 4.98 Å². The van der Waals surface area contributed by atoms with Gasteiger partial charge >= 0.3 is 36.9 Å². The number of nitrogen functional groups attached to an aromatic ring is 3. The van der Waals surface area contributed by atoms with Crippen LogP contribution in [0.15, 0.2) is 34.9 Å². The highest BCUT2D eigenvalue weighted by atomic mass is 31.3. The highest BCUT2D eigenvalue weighted by molar-refractivity contribution is 7.66. The van der Waals surface area contributed by atoms with E-state index >= 15 is 0 Å². The fourth-order valence-electron chi connectivity index (χ4n) is 9.89. The Morgan fingerprint density at radius 1 is 0.707 bits per heavy atom. The van der Waals surface area contributed by atoms with E-state index in [9.17, 15) is 62.7 Å². The number of hydrogen-bond acceptors (Lipinski definition) is 30. The number of methoxy groups -OCH3 is 1. The Balaban J connectivity index is 0.813. The third kappa shape index (κ3) is 12.5. The summed E-state index contributed by atoms with van der Waals surface area (Å²) >= 11 is 0. The van der Waals surface area contributed by atoms with Crippen LogP contribution in [0.25, 0.3) is 33.5 Å². The highest BCUT2D eigenvalue weighted by Gasteiger charge is 2.54. The third-order valence-electron chi connectivity index (χ3n) is 13.6. The van der Waals surface area contributed by atoms with Crippen molar-refractivity contribution in [2.45, 2.75) is 73.9 Å². The van der Waals surface area contributed by atoms with Crippen molar-refractivity contribution in [1.29, 1.82) is 0 Å². The molecule has 4 fully saturated rings. The van der Waals surface area contributed by atoms with E-state index in [4.69, 9.17) is 59.0 Å². The van der Waals surface area contributed by atoms with Gasteiger partial charge in [0.15, 0.2) is 41.4 Å². The Kier molecular flexibility index (Phi) is 17.1. The highest BCUT2D eigenvalue weighted by Crippen LogP contribution is 2.68. The molecule has 4 aliphatic heterocycles. The molecule has 0 aromatic carbocycles. The molecule has 40 nitrogen and oxygen atoms in total. The van der Waals surface area contributed by atoms with Crippen molar-refractivity contribution >= 4 is 82.5 Å². The van der Waals surface area contributed by atoms with Crippen LogP contribution in [-0.4, -0.2) is 202 Å². The molecule has 6 aromatic rings. The van der Waals surface area contributed by atoms with Crippen LogP contribution in [0.3, 0.4) is 0 Å². The number of nitrogens with one attached hydrogen (secondary N) is 2. The van der Waals surface area contributed by atoms with Crippen molar-refractivity contribution in [3.63, 3.8) is 0 Å². The molecular formula is C38H55N16O24P4+. The van der Waals surface area contributed by atoms with E-state index in [0.717, 1.165) is 30.7 Å². The van der Waals surface area contributed by atoms with Gasteiger partial charge in [-0.15, -0.1) is 0 Å². The van der Waals surface area contributed by atoms with Crippen molar-refractivity contribution in [3.8, 4) is 0 Å². The minimum atomic E-state index is -6.19. The third-order valence-corrected chi connectivity index (χ3v) is 18.9. The molecule has 15 N–H and O–H groups in total. The number of phosphoric acid groups is 4. The molecule has 10 heterocycles. The van der Waals surface area contributed by atoms with E-state index in [0.29, 0.717) is 32.8 Å². The Morgan fingerprint density at radius 3 is 2.01 bits per heavy atom. The number of aryl methyl sites for hydroxylation is 1. The first-order valence-corrected chi connectivity index (χ1v) is 30.3. The van der Waals surface area contributed by atoms with Gasteiger partial charge in [0.2, 0.25) is 17.7 Å². The van der Waals surface area contributed by atoms with Gasteiger partial charge in [-0.2, -0.15) is 13.6 Å². The molecule has 10 rings (SSSR count). The van der Waals surface area contributed by atoms with Crippen LogP contribution in [0.4, 0.5) is 17.7 Å². The Morgan fingerprint density at radius 2 is 1.32 bits per heavy atom. The van der Waals surface area contributed by atoms with Crippen LogP contribution in [0.2, 0.25) is 0 Å². The number of aliphatic hydroxyl groups excluding tert-OH is 3. The number of H-pyrrole nitrogens is 2. The number of aromatic nitrogens is 12. The fraction of sp³-hybridized carbons (Fsp3) is 0.605. The molecule has 16 atom stereocenters. The summed E-state index contributed by atoms with van der Waals surface area (Å²) in [7, 11) is -20.8. The number of hydrogen-bond donors (Lipinski definition) is 12. The van der Waals surface area contributed by atoms with Gasteiger partial charge in [0.25, 0.3) is 17.1 Å².